The molecule has 1 atom stereocenters. The van der Waals surface area contributed by atoms with Crippen molar-refractivity contribution in [3.63, 3.8) is 0 Å². The number of carbonyl (C=O) groups is 4. The van der Waals surface area contributed by atoms with Crippen LogP contribution in [0.1, 0.15) is 94.6 Å². The van der Waals surface area contributed by atoms with Gasteiger partial charge in [0, 0.05) is 30.4 Å². The second-order valence-corrected chi connectivity index (χ2v) is 12.0. The molecule has 0 heterocycles. The minimum absolute atomic E-state index is 0.0301. The molecule has 1 aliphatic rings. The van der Waals surface area contributed by atoms with Gasteiger partial charge in [-0.3, -0.25) is 19.3 Å². The van der Waals surface area contributed by atoms with E-state index in [9.17, 15) is 19.2 Å². The zero-order valence-corrected chi connectivity index (χ0v) is 33.7. The van der Waals surface area contributed by atoms with Gasteiger partial charge in [0.15, 0.2) is 0 Å². The van der Waals surface area contributed by atoms with Crippen molar-refractivity contribution in [3.05, 3.63) is 86.6 Å². The van der Waals surface area contributed by atoms with Gasteiger partial charge in [0.25, 0.3) is 12.4 Å². The SMILES string of the molecule is C/C=C(Cl)\C(C(=O)N[C@H](C)Cc1ccc(N(C=O)C(=O)N(C)C2=C(C)C=CCC(CNCCC)=C2)cc1)=C(/C)Cl.CC.CC.CC(C)OC=O. The zero-order chi connectivity index (χ0) is 38.8. The Kier molecular flexibility index (Phi) is 27.2. The highest BCUT2D eigenvalue weighted by molar-refractivity contribution is 6.39. The highest BCUT2D eigenvalue weighted by Crippen LogP contribution is 2.24. The molecule has 11 heteroatoms. The van der Waals surface area contributed by atoms with Crippen LogP contribution in [0.2, 0.25) is 0 Å². The number of nitrogens with zero attached hydrogens (tertiary/aromatic N) is 2. The van der Waals surface area contributed by atoms with E-state index < -0.39 is 6.03 Å². The number of nitrogens with one attached hydrogen (secondary N) is 2. The molecule has 0 aliphatic heterocycles. The molecule has 0 saturated heterocycles. The second kappa shape index (κ2) is 28.1. The van der Waals surface area contributed by atoms with Gasteiger partial charge in [-0.1, -0.05) is 93.8 Å². The van der Waals surface area contributed by atoms with Crippen LogP contribution in [0.15, 0.2) is 81.1 Å². The molecule has 0 saturated carbocycles. The van der Waals surface area contributed by atoms with Gasteiger partial charge in [0.1, 0.15) is 0 Å². The lowest BCUT2D eigenvalue weighted by atomic mass is 10.1. The molecule has 9 nitrogen and oxygen atoms in total. The first-order valence-electron chi connectivity index (χ1n) is 17.3. The van der Waals surface area contributed by atoms with Crippen LogP contribution in [0.4, 0.5) is 10.5 Å². The van der Waals surface area contributed by atoms with Crippen LogP contribution in [0, 0.1) is 0 Å². The summed E-state index contributed by atoms with van der Waals surface area (Å²) < 4.78 is 4.36. The van der Waals surface area contributed by atoms with Crippen LogP contribution in [-0.2, 0) is 25.5 Å². The Balaban J connectivity index is 0. The predicted octanol–water partition coefficient (Wildman–Crippen LogP) is 9.18. The van der Waals surface area contributed by atoms with Crippen LogP contribution in [0.25, 0.3) is 0 Å². The lowest BCUT2D eigenvalue weighted by Gasteiger charge is -2.26. The predicted molar refractivity (Wildman–Crippen MR) is 210 cm³/mol. The van der Waals surface area contributed by atoms with E-state index in [0.717, 1.165) is 53.2 Å². The van der Waals surface area contributed by atoms with Crippen molar-refractivity contribution < 1.29 is 23.9 Å². The number of amides is 4. The van der Waals surface area contributed by atoms with Gasteiger partial charge < -0.3 is 15.4 Å². The molecule has 1 aliphatic carbocycles. The molecule has 2 rings (SSSR count). The van der Waals surface area contributed by atoms with Gasteiger partial charge in [-0.15, -0.1) is 0 Å². The molecule has 0 spiro atoms. The van der Waals surface area contributed by atoms with E-state index in [1.165, 1.54) is 4.90 Å². The van der Waals surface area contributed by atoms with Crippen molar-refractivity contribution in [2.75, 3.05) is 25.0 Å². The molecule has 0 fully saturated rings. The number of imide groups is 1. The lowest BCUT2D eigenvalue weighted by Crippen LogP contribution is -2.40. The summed E-state index contributed by atoms with van der Waals surface area (Å²) in [6.45, 7) is 23.0. The number of hydrogen-bond acceptors (Lipinski definition) is 6. The minimum atomic E-state index is -0.457. The molecular formula is C39H60Cl2N4O5. The number of halogens is 2. The monoisotopic (exact) mass is 734 g/mol. The number of allylic oxidation sites excluding steroid dienone is 6. The molecule has 0 bridgehead atoms. The lowest BCUT2D eigenvalue weighted by molar-refractivity contribution is -0.132. The second-order valence-electron chi connectivity index (χ2n) is 11.0. The number of ether oxygens (including phenoxy) is 1. The van der Waals surface area contributed by atoms with E-state index in [4.69, 9.17) is 23.2 Å². The van der Waals surface area contributed by atoms with E-state index in [1.807, 2.05) is 65.8 Å². The number of carbonyl (C=O) groups excluding carboxylic acids is 4. The maximum Gasteiger partial charge on any atom is 0.335 e. The van der Waals surface area contributed by atoms with Gasteiger partial charge in [-0.25, -0.2) is 9.69 Å². The third-order valence-electron chi connectivity index (χ3n) is 6.76. The first kappa shape index (κ1) is 48.5. The molecule has 1 aromatic rings. The van der Waals surface area contributed by atoms with Gasteiger partial charge in [-0.05, 0) is 96.7 Å². The highest BCUT2D eigenvalue weighted by Gasteiger charge is 2.23. The Hall–Kier alpha value is -3.66. The summed E-state index contributed by atoms with van der Waals surface area (Å²) in [5.41, 5.74) is 4.47. The van der Waals surface area contributed by atoms with E-state index in [-0.39, 0.29) is 28.7 Å². The molecule has 280 valence electrons. The summed E-state index contributed by atoms with van der Waals surface area (Å²) in [6, 6.07) is 6.44. The first-order chi connectivity index (χ1) is 23.8. The van der Waals surface area contributed by atoms with Crippen LogP contribution in [0.5, 0.6) is 0 Å². The van der Waals surface area contributed by atoms with Crippen LogP contribution < -0.4 is 15.5 Å². The third-order valence-corrected chi connectivity index (χ3v) is 7.35. The Morgan fingerprint density at radius 2 is 1.64 bits per heavy atom. The van der Waals surface area contributed by atoms with E-state index in [2.05, 4.69) is 28.4 Å². The summed E-state index contributed by atoms with van der Waals surface area (Å²) in [4.78, 5) is 50.1. The zero-order valence-electron chi connectivity index (χ0n) is 32.2. The Morgan fingerprint density at radius 1 is 1.04 bits per heavy atom. The number of benzene rings is 1. The smallest absolute Gasteiger partial charge is 0.335 e. The summed E-state index contributed by atoms with van der Waals surface area (Å²) >= 11 is 12.2. The van der Waals surface area contributed by atoms with Gasteiger partial charge >= 0.3 is 6.03 Å². The number of rotatable bonds is 14. The standard InChI is InChI=1S/C31H40Cl2N4O3.C4H8O2.2C2H6/c1-7-16-34-19-25-11-9-10-21(3)28(18-25)36(6)31(40)37(20-38)26-14-12-24(13-15-26)17-22(4)35-30(39)29(23(5)32)27(33)8-2;1-4(2)6-3-5;2*1-2/h8-10,12-15,18,20,22,34H,7,11,16-17,19H2,1-6H3,(H,35,39);3-4H,1-2H3;2*1-2H3/b27-8+,29-23-;;;/t22-;;;/m1.../s1. The molecule has 0 unspecified atom stereocenters. The quantitative estimate of drug-likeness (QED) is 0.0854. The Bertz CT molecular complexity index is 1340. The highest BCUT2D eigenvalue weighted by atomic mass is 35.5. The fourth-order valence-electron chi connectivity index (χ4n) is 4.41. The summed E-state index contributed by atoms with van der Waals surface area (Å²) in [5.74, 6) is -0.350. The molecule has 1 aromatic carbocycles. The first-order valence-corrected chi connectivity index (χ1v) is 18.0. The molecule has 50 heavy (non-hydrogen) atoms. The minimum Gasteiger partial charge on any atom is -0.465 e. The van der Waals surface area contributed by atoms with Gasteiger partial charge in [0.2, 0.25) is 6.41 Å². The van der Waals surface area contributed by atoms with Crippen molar-refractivity contribution in [2.24, 2.45) is 0 Å². The van der Waals surface area contributed by atoms with Crippen LogP contribution >= 0.6 is 23.2 Å². The number of hydrogen-bond donors (Lipinski definition) is 2. The van der Waals surface area contributed by atoms with Crippen molar-refractivity contribution in [1.82, 2.24) is 15.5 Å². The Morgan fingerprint density at radius 3 is 2.10 bits per heavy atom. The van der Waals surface area contributed by atoms with Crippen LogP contribution in [-0.4, -0.2) is 62.0 Å². The molecule has 2 N–H and O–H groups in total. The molecule has 4 amide bonds. The molecular weight excluding hydrogens is 675 g/mol. The van der Waals surface area contributed by atoms with Gasteiger partial charge in [0.05, 0.1) is 22.4 Å². The number of likely N-dealkylation sites (N-methyl/N-ethyl adjacent to an activating group) is 1. The topological polar surface area (TPSA) is 108 Å². The fourth-order valence-corrected chi connectivity index (χ4v) is 4.87. The third kappa shape index (κ3) is 17.8. The maximum absolute atomic E-state index is 13.4. The average molecular weight is 736 g/mol. The summed E-state index contributed by atoms with van der Waals surface area (Å²) in [7, 11) is 1.67. The average Bonchev–Trinajstić information content (AvgIpc) is 3.28. The normalized spacial score (nSPS) is 13.3. The van der Waals surface area contributed by atoms with E-state index in [1.54, 1.807) is 53.0 Å². The molecule has 0 radical (unpaired) electrons. The summed E-state index contributed by atoms with van der Waals surface area (Å²) in [5, 5.41) is 6.92. The van der Waals surface area contributed by atoms with Crippen molar-refractivity contribution in [3.8, 4) is 0 Å². The van der Waals surface area contributed by atoms with Crippen LogP contribution in [0.3, 0.4) is 0 Å². The van der Waals surface area contributed by atoms with E-state index >= 15 is 0 Å². The number of urea groups is 1. The largest absolute Gasteiger partial charge is 0.465 e. The maximum atomic E-state index is 13.4. The van der Waals surface area contributed by atoms with Crippen molar-refractivity contribution in [2.45, 2.75) is 108 Å². The van der Waals surface area contributed by atoms with Crippen molar-refractivity contribution in [1.29, 1.82) is 0 Å². The summed E-state index contributed by atoms with van der Waals surface area (Å²) in [6.07, 6.45) is 10.7. The fraction of sp³-hybridized carbons (Fsp3) is 0.487. The van der Waals surface area contributed by atoms with E-state index in [0.29, 0.717) is 30.0 Å². The van der Waals surface area contributed by atoms with Crippen molar-refractivity contribution >= 4 is 53.7 Å². The Labute approximate surface area is 311 Å². The molecule has 0 aromatic heterocycles. The number of anilines is 1. The van der Waals surface area contributed by atoms with Gasteiger partial charge in [-0.2, -0.15) is 0 Å².